The van der Waals surface area contributed by atoms with Crippen LogP contribution in [0.1, 0.15) is 24.8 Å². The molecule has 5 heterocycles. The zero-order valence-electron chi connectivity index (χ0n) is 25.8. The fourth-order valence-electron chi connectivity index (χ4n) is 7.47. The van der Waals surface area contributed by atoms with Crippen LogP contribution < -0.4 is 15.4 Å². The van der Waals surface area contributed by atoms with Crippen LogP contribution in [0, 0.1) is 23.0 Å². The first-order valence-electron chi connectivity index (χ1n) is 15.4. The first-order chi connectivity index (χ1) is 23.0. The number of hydrogen-bond acceptors (Lipinski definition) is 9. The highest BCUT2D eigenvalue weighted by Crippen LogP contribution is 2.46. The minimum Gasteiger partial charge on any atom is -0.461 e. The van der Waals surface area contributed by atoms with Crippen LogP contribution in [0.2, 0.25) is 5.02 Å². The van der Waals surface area contributed by atoms with E-state index in [1.54, 1.807) is 7.05 Å². The molecule has 7 rings (SSSR count). The number of carbonyl (C=O) groups is 1. The molecule has 3 aliphatic heterocycles. The molecule has 0 bridgehead atoms. The molecule has 0 saturated carbocycles. The molecule has 2 aromatic carbocycles. The van der Waals surface area contributed by atoms with E-state index < -0.39 is 41.5 Å². The van der Waals surface area contributed by atoms with E-state index in [-0.39, 0.29) is 85.6 Å². The number of rotatable bonds is 7. The Balaban J connectivity index is 1.38. The van der Waals surface area contributed by atoms with Gasteiger partial charge in [-0.15, -0.1) is 11.3 Å². The number of fused-ring (bicyclic) bond motifs is 3. The molecule has 4 unspecified atom stereocenters. The lowest BCUT2D eigenvalue weighted by atomic mass is 9.95. The Labute approximate surface area is 282 Å². The van der Waals surface area contributed by atoms with Crippen molar-refractivity contribution in [2.45, 2.75) is 43.2 Å². The van der Waals surface area contributed by atoms with Crippen LogP contribution in [0.4, 0.5) is 28.4 Å². The van der Waals surface area contributed by atoms with E-state index in [1.165, 1.54) is 21.9 Å². The van der Waals surface area contributed by atoms with Gasteiger partial charge in [-0.1, -0.05) is 24.2 Å². The SMILES string of the molecule is C=CC(=O)N1CC(F)C(N(C)c2nc(OCC34CCCN3CC(F)C4)nc3c(F)c(-c4ccc(F)c5sc(N)c(C#N)c45)c(Cl)cc23)C1. The van der Waals surface area contributed by atoms with Crippen LogP contribution >= 0.6 is 22.9 Å². The molecule has 250 valence electrons. The third-order valence-corrected chi connectivity index (χ3v) is 11.1. The molecule has 9 nitrogen and oxygen atoms in total. The number of benzene rings is 2. The van der Waals surface area contributed by atoms with Crippen molar-refractivity contribution in [1.29, 1.82) is 5.26 Å². The molecule has 0 spiro atoms. The highest BCUT2D eigenvalue weighted by molar-refractivity contribution is 7.23. The van der Waals surface area contributed by atoms with Crippen molar-refractivity contribution < 1.29 is 27.1 Å². The molecule has 3 aliphatic rings. The number of alkyl halides is 2. The van der Waals surface area contributed by atoms with Gasteiger partial charge in [0.05, 0.1) is 33.4 Å². The summed E-state index contributed by atoms with van der Waals surface area (Å²) >= 11 is 7.63. The van der Waals surface area contributed by atoms with Crippen molar-refractivity contribution >= 4 is 60.7 Å². The third-order valence-electron chi connectivity index (χ3n) is 9.81. The normalized spacial score (nSPS) is 23.9. The highest BCUT2D eigenvalue weighted by Gasteiger charge is 2.49. The van der Waals surface area contributed by atoms with Gasteiger partial charge in [0.2, 0.25) is 5.91 Å². The van der Waals surface area contributed by atoms with E-state index in [9.17, 15) is 18.8 Å². The van der Waals surface area contributed by atoms with Gasteiger partial charge in [-0.05, 0) is 43.2 Å². The maximum absolute atomic E-state index is 16.9. The second-order valence-electron chi connectivity index (χ2n) is 12.5. The van der Waals surface area contributed by atoms with Crippen molar-refractivity contribution in [2.75, 3.05) is 50.5 Å². The van der Waals surface area contributed by atoms with Crippen molar-refractivity contribution in [3.05, 3.63) is 53.1 Å². The van der Waals surface area contributed by atoms with Gasteiger partial charge in [-0.2, -0.15) is 15.2 Å². The number of anilines is 2. The van der Waals surface area contributed by atoms with Crippen molar-refractivity contribution in [3.8, 4) is 23.2 Å². The number of nitriles is 1. The minimum absolute atomic E-state index is 0.0100. The van der Waals surface area contributed by atoms with Gasteiger partial charge >= 0.3 is 6.01 Å². The molecule has 0 radical (unpaired) electrons. The monoisotopic (exact) mass is 699 g/mol. The summed E-state index contributed by atoms with van der Waals surface area (Å²) in [5.74, 6) is -1.86. The van der Waals surface area contributed by atoms with E-state index in [0.29, 0.717) is 13.0 Å². The lowest BCUT2D eigenvalue weighted by Gasteiger charge is -2.31. The predicted molar refractivity (Wildman–Crippen MR) is 177 cm³/mol. The Morgan fingerprint density at radius 1 is 1.31 bits per heavy atom. The minimum atomic E-state index is -1.47. The Bertz CT molecular complexity index is 2040. The first kappa shape index (κ1) is 32.4. The van der Waals surface area contributed by atoms with Crippen molar-refractivity contribution in [2.24, 2.45) is 0 Å². The molecular weight excluding hydrogens is 670 g/mol. The summed E-state index contributed by atoms with van der Waals surface area (Å²) in [6.45, 7) is 4.42. The predicted octanol–water partition coefficient (Wildman–Crippen LogP) is 6.02. The summed E-state index contributed by atoms with van der Waals surface area (Å²) in [6.07, 6.45) is 0.512. The lowest BCUT2D eigenvalue weighted by molar-refractivity contribution is -0.125. The number of ether oxygens (including phenoxy) is 1. The number of halogens is 5. The number of carbonyl (C=O) groups excluding carboxylic acids is 1. The van der Waals surface area contributed by atoms with E-state index >= 15 is 8.78 Å². The molecule has 2 N–H and O–H groups in total. The van der Waals surface area contributed by atoms with Crippen LogP contribution in [0.25, 0.3) is 32.1 Å². The average Bonchev–Trinajstić information content (AvgIpc) is 3.80. The number of thiophene rings is 1. The van der Waals surface area contributed by atoms with Gasteiger partial charge in [0, 0.05) is 42.9 Å². The van der Waals surface area contributed by atoms with E-state index in [2.05, 4.69) is 21.4 Å². The molecule has 4 aromatic rings. The van der Waals surface area contributed by atoms with Crippen LogP contribution in [0.5, 0.6) is 6.01 Å². The van der Waals surface area contributed by atoms with Gasteiger partial charge in [0.1, 0.15) is 47.2 Å². The Kier molecular flexibility index (Phi) is 8.12. The maximum atomic E-state index is 16.9. The summed E-state index contributed by atoms with van der Waals surface area (Å²) in [5, 5.41) is 10.1. The molecule has 3 saturated heterocycles. The molecule has 4 atom stereocenters. The number of nitrogens with two attached hydrogens (primary N) is 1. The van der Waals surface area contributed by atoms with E-state index in [4.69, 9.17) is 22.1 Å². The summed E-state index contributed by atoms with van der Waals surface area (Å²) in [4.78, 5) is 26.2. The summed E-state index contributed by atoms with van der Waals surface area (Å²) in [6, 6.07) is 4.80. The van der Waals surface area contributed by atoms with Crippen LogP contribution in [0.3, 0.4) is 0 Å². The third kappa shape index (κ3) is 5.10. The quantitative estimate of drug-likeness (QED) is 0.184. The molecule has 1 amide bonds. The number of hydrogen-bond donors (Lipinski definition) is 1. The van der Waals surface area contributed by atoms with Crippen LogP contribution in [-0.4, -0.2) is 89.4 Å². The number of amides is 1. The Hall–Kier alpha value is -4.19. The lowest BCUT2D eigenvalue weighted by Crippen LogP contribution is -2.43. The van der Waals surface area contributed by atoms with Crippen molar-refractivity contribution in [1.82, 2.24) is 19.8 Å². The summed E-state index contributed by atoms with van der Waals surface area (Å²) in [7, 11) is 1.57. The van der Waals surface area contributed by atoms with Gasteiger partial charge in [0.15, 0.2) is 5.82 Å². The van der Waals surface area contributed by atoms with Crippen molar-refractivity contribution in [3.63, 3.8) is 0 Å². The van der Waals surface area contributed by atoms with Crippen LogP contribution in [-0.2, 0) is 4.79 Å². The average molecular weight is 700 g/mol. The fourth-order valence-corrected chi connectivity index (χ4v) is 8.72. The maximum Gasteiger partial charge on any atom is 0.319 e. The number of likely N-dealkylation sites (tertiary alicyclic amines) is 1. The smallest absolute Gasteiger partial charge is 0.319 e. The second kappa shape index (κ2) is 12.0. The molecule has 15 heteroatoms. The second-order valence-corrected chi connectivity index (χ2v) is 14.0. The Morgan fingerprint density at radius 3 is 2.85 bits per heavy atom. The standard InChI is InChI=1S/C33H30ClF4N7O2S/c1-3-24(46)44-13-22(37)23(14-44)43(2)31-18-9-20(34)26(17-5-6-21(36)29-25(17)19(11-39)30(40)48-29)27(38)28(18)41-32(42-31)47-15-33-7-4-8-45(33)12-16(35)10-33/h3,5-6,9,16,22-23H,1,4,7-8,10,12-15,40H2,2H3. The van der Waals surface area contributed by atoms with Crippen LogP contribution in [0.15, 0.2) is 30.9 Å². The van der Waals surface area contributed by atoms with Gasteiger partial charge in [-0.25, -0.2) is 17.6 Å². The Morgan fingerprint density at radius 2 is 2.10 bits per heavy atom. The molecule has 3 fully saturated rings. The number of nitrogens with zero attached hydrogens (tertiary/aromatic N) is 6. The zero-order chi connectivity index (χ0) is 34.1. The number of nitrogen functional groups attached to an aromatic ring is 1. The molecule has 48 heavy (non-hydrogen) atoms. The topological polar surface area (TPSA) is 112 Å². The van der Waals surface area contributed by atoms with Gasteiger partial charge in [0.25, 0.3) is 0 Å². The van der Waals surface area contributed by atoms with E-state index in [1.807, 2.05) is 6.07 Å². The highest BCUT2D eigenvalue weighted by atomic mass is 35.5. The zero-order valence-corrected chi connectivity index (χ0v) is 27.4. The first-order valence-corrected chi connectivity index (χ1v) is 16.6. The molecular formula is C33H30ClF4N7O2S. The van der Waals surface area contributed by atoms with Gasteiger partial charge < -0.3 is 20.3 Å². The number of aromatic nitrogens is 2. The number of likely N-dealkylation sites (N-methyl/N-ethyl adjacent to an activating group) is 1. The summed E-state index contributed by atoms with van der Waals surface area (Å²) in [5.41, 5.74) is 5.23. The largest absolute Gasteiger partial charge is 0.461 e. The summed E-state index contributed by atoms with van der Waals surface area (Å²) < 4.78 is 67.9. The fraction of sp³-hybridized carbons (Fsp3) is 0.394. The van der Waals surface area contributed by atoms with Gasteiger partial charge in [-0.3, -0.25) is 9.69 Å². The molecule has 2 aromatic heterocycles. The van der Waals surface area contributed by atoms with E-state index in [0.717, 1.165) is 36.4 Å². The molecule has 0 aliphatic carbocycles.